The molecule has 0 radical (unpaired) electrons. The Bertz CT molecular complexity index is 1370. The summed E-state index contributed by atoms with van der Waals surface area (Å²) >= 11 is 0. The first-order valence-electron chi connectivity index (χ1n) is 12.9. The van der Waals surface area contributed by atoms with Gasteiger partial charge in [-0.25, -0.2) is 0 Å². The van der Waals surface area contributed by atoms with Crippen LogP contribution in [0.4, 0.5) is 11.4 Å². The summed E-state index contributed by atoms with van der Waals surface area (Å²) in [6.45, 7) is 0.924. The van der Waals surface area contributed by atoms with Crippen LogP contribution in [-0.4, -0.2) is 53.5 Å². The fourth-order valence-corrected chi connectivity index (χ4v) is 5.22. The molecule has 2 aliphatic rings. The number of hydrogen-bond acceptors (Lipinski definition) is 8. The number of hydrogen-bond donors (Lipinski definition) is 1. The smallest absolute Gasteiger partial charge is 0.229 e. The van der Waals surface area contributed by atoms with Gasteiger partial charge in [0.2, 0.25) is 17.6 Å². The van der Waals surface area contributed by atoms with Crippen LogP contribution < -0.4 is 38.6 Å². The average Bonchev–Trinajstić information content (AvgIpc) is 3.00. The molecule has 5 rings (SSSR count). The van der Waals surface area contributed by atoms with E-state index >= 15 is 0 Å². The molecule has 3 aromatic rings. The predicted octanol–water partition coefficient (Wildman–Crippen LogP) is 4.62. The lowest BCUT2D eigenvalue weighted by atomic mass is 9.83. The Morgan fingerprint density at radius 2 is 1.52 bits per heavy atom. The molecule has 0 aromatic heterocycles. The normalized spacial score (nSPS) is 18.1. The van der Waals surface area contributed by atoms with Gasteiger partial charge in [0.25, 0.3) is 0 Å². The molecule has 210 valence electrons. The minimum atomic E-state index is -0.618. The van der Waals surface area contributed by atoms with Crippen LogP contribution in [0.5, 0.6) is 34.5 Å². The van der Waals surface area contributed by atoms with Gasteiger partial charge in [-0.05, 0) is 36.2 Å². The minimum absolute atomic E-state index is 0.126. The van der Waals surface area contributed by atoms with Gasteiger partial charge in [-0.15, -0.1) is 0 Å². The summed E-state index contributed by atoms with van der Waals surface area (Å²) in [4.78, 5) is 29.1. The molecule has 10 heteroatoms. The van der Waals surface area contributed by atoms with E-state index in [0.717, 1.165) is 5.56 Å². The molecule has 1 N–H and O–H groups in total. The van der Waals surface area contributed by atoms with Crippen molar-refractivity contribution in [1.82, 2.24) is 0 Å². The average molecular weight is 549 g/mol. The van der Waals surface area contributed by atoms with Crippen molar-refractivity contribution in [3.63, 3.8) is 0 Å². The predicted molar refractivity (Wildman–Crippen MR) is 148 cm³/mol. The Labute approximate surface area is 232 Å². The quantitative estimate of drug-likeness (QED) is 0.435. The van der Waals surface area contributed by atoms with Crippen LogP contribution in [0.3, 0.4) is 0 Å². The molecule has 0 saturated carbocycles. The van der Waals surface area contributed by atoms with Crippen LogP contribution in [-0.2, 0) is 9.59 Å². The van der Waals surface area contributed by atoms with E-state index in [0.29, 0.717) is 65.5 Å². The van der Waals surface area contributed by atoms with Gasteiger partial charge >= 0.3 is 0 Å². The van der Waals surface area contributed by atoms with Crippen LogP contribution in [0.1, 0.15) is 24.4 Å². The maximum absolute atomic E-state index is 13.9. The second-order valence-electron chi connectivity index (χ2n) is 9.36. The van der Waals surface area contributed by atoms with E-state index in [-0.39, 0.29) is 18.2 Å². The van der Waals surface area contributed by atoms with Gasteiger partial charge in [0.15, 0.2) is 23.0 Å². The SMILES string of the molecule is COc1ccc([C@H]2[C@H](C(=O)Nc3ccc4c(c3)OCCO4)CCC(=O)N2c2cc(OC)c(OC)c(OC)c2)cc1. The number of nitrogens with zero attached hydrogens (tertiary/aromatic N) is 1. The van der Waals surface area contributed by atoms with E-state index in [1.54, 1.807) is 42.3 Å². The largest absolute Gasteiger partial charge is 0.497 e. The van der Waals surface area contributed by atoms with Gasteiger partial charge in [0.05, 0.1) is 46.1 Å². The molecule has 2 atom stereocenters. The van der Waals surface area contributed by atoms with Crippen LogP contribution in [0.15, 0.2) is 54.6 Å². The maximum atomic E-state index is 13.9. The lowest BCUT2D eigenvalue weighted by molar-refractivity contribution is -0.125. The molecule has 1 fully saturated rings. The zero-order valence-corrected chi connectivity index (χ0v) is 22.9. The maximum Gasteiger partial charge on any atom is 0.229 e. The van der Waals surface area contributed by atoms with Gasteiger partial charge in [-0.2, -0.15) is 0 Å². The Hall–Kier alpha value is -4.60. The third kappa shape index (κ3) is 5.16. The lowest BCUT2D eigenvalue weighted by Gasteiger charge is -2.41. The minimum Gasteiger partial charge on any atom is -0.497 e. The van der Waals surface area contributed by atoms with E-state index < -0.39 is 12.0 Å². The van der Waals surface area contributed by atoms with Crippen LogP contribution in [0, 0.1) is 5.92 Å². The molecule has 3 aromatic carbocycles. The summed E-state index contributed by atoms with van der Waals surface area (Å²) in [6.07, 6.45) is 0.551. The van der Waals surface area contributed by atoms with Crippen molar-refractivity contribution in [2.75, 3.05) is 51.9 Å². The zero-order chi connectivity index (χ0) is 28.2. The number of rotatable bonds is 8. The third-order valence-corrected chi connectivity index (χ3v) is 7.13. The Kier molecular flexibility index (Phi) is 7.86. The number of ether oxygens (including phenoxy) is 6. The number of carbonyl (C=O) groups is 2. The Morgan fingerprint density at radius 3 is 2.15 bits per heavy atom. The van der Waals surface area contributed by atoms with E-state index in [2.05, 4.69) is 5.32 Å². The number of carbonyl (C=O) groups excluding carboxylic acids is 2. The Balaban J connectivity index is 1.55. The molecule has 0 aliphatic carbocycles. The molecule has 2 heterocycles. The second kappa shape index (κ2) is 11.6. The van der Waals surface area contributed by atoms with E-state index in [9.17, 15) is 9.59 Å². The number of nitrogens with one attached hydrogen (secondary N) is 1. The molecule has 10 nitrogen and oxygen atoms in total. The van der Waals surface area contributed by atoms with Crippen molar-refractivity contribution in [3.05, 3.63) is 60.2 Å². The molecule has 0 spiro atoms. The zero-order valence-electron chi connectivity index (χ0n) is 22.9. The number of amides is 2. The summed E-state index contributed by atoms with van der Waals surface area (Å²) < 4.78 is 33.2. The summed E-state index contributed by atoms with van der Waals surface area (Å²) in [6, 6.07) is 15.5. The molecule has 1 saturated heterocycles. The second-order valence-corrected chi connectivity index (χ2v) is 9.36. The first-order chi connectivity index (χ1) is 19.5. The molecule has 2 aliphatic heterocycles. The number of fused-ring (bicyclic) bond motifs is 1. The van der Waals surface area contributed by atoms with Gasteiger partial charge in [-0.3, -0.25) is 9.59 Å². The summed E-state index contributed by atoms with van der Waals surface area (Å²) in [5.41, 5.74) is 1.89. The lowest BCUT2D eigenvalue weighted by Crippen LogP contribution is -2.47. The van der Waals surface area contributed by atoms with Gasteiger partial charge in [-0.1, -0.05) is 12.1 Å². The first kappa shape index (κ1) is 27.0. The topological polar surface area (TPSA) is 105 Å². The van der Waals surface area contributed by atoms with Crippen molar-refractivity contribution in [1.29, 1.82) is 0 Å². The van der Waals surface area contributed by atoms with E-state index in [1.807, 2.05) is 24.3 Å². The van der Waals surface area contributed by atoms with Crippen molar-refractivity contribution in [2.24, 2.45) is 5.92 Å². The highest BCUT2D eigenvalue weighted by molar-refractivity contribution is 6.00. The molecule has 0 bridgehead atoms. The highest BCUT2D eigenvalue weighted by Crippen LogP contribution is 2.46. The van der Waals surface area contributed by atoms with Crippen molar-refractivity contribution in [3.8, 4) is 34.5 Å². The number of benzene rings is 3. The standard InChI is InChI=1S/C30H32N2O8/c1-35-21-8-5-18(6-9-21)28-22(30(34)31-19-7-11-23-24(15-19)40-14-13-39-23)10-12-27(33)32(28)20-16-25(36-2)29(38-4)26(17-20)37-3/h5-9,11,15-17,22,28H,10,12-14H2,1-4H3,(H,31,34)/t22-,28+/m1/s1. The van der Waals surface area contributed by atoms with Crippen LogP contribution in [0.25, 0.3) is 0 Å². The highest BCUT2D eigenvalue weighted by atomic mass is 16.6. The number of anilines is 2. The van der Waals surface area contributed by atoms with Crippen molar-refractivity contribution >= 4 is 23.2 Å². The van der Waals surface area contributed by atoms with E-state index in [4.69, 9.17) is 28.4 Å². The van der Waals surface area contributed by atoms with Crippen LogP contribution in [0.2, 0.25) is 0 Å². The highest BCUT2D eigenvalue weighted by Gasteiger charge is 2.42. The molecular formula is C30H32N2O8. The first-order valence-corrected chi connectivity index (χ1v) is 12.9. The summed E-state index contributed by atoms with van der Waals surface area (Å²) in [5, 5.41) is 3.03. The summed E-state index contributed by atoms with van der Waals surface area (Å²) in [7, 11) is 6.14. The number of methoxy groups -OCH3 is 4. The monoisotopic (exact) mass is 548 g/mol. The number of piperidine rings is 1. The van der Waals surface area contributed by atoms with E-state index in [1.165, 1.54) is 21.3 Å². The fourth-order valence-electron chi connectivity index (χ4n) is 5.22. The van der Waals surface area contributed by atoms with Gasteiger partial charge in [0, 0.05) is 30.3 Å². The van der Waals surface area contributed by atoms with Crippen molar-refractivity contribution in [2.45, 2.75) is 18.9 Å². The van der Waals surface area contributed by atoms with Crippen LogP contribution >= 0.6 is 0 Å². The fraction of sp³-hybridized carbons (Fsp3) is 0.333. The molecule has 40 heavy (non-hydrogen) atoms. The molecule has 0 unspecified atom stereocenters. The molecule has 2 amide bonds. The molecular weight excluding hydrogens is 516 g/mol. The van der Waals surface area contributed by atoms with Crippen molar-refractivity contribution < 1.29 is 38.0 Å². The van der Waals surface area contributed by atoms with Gasteiger partial charge < -0.3 is 38.6 Å². The summed E-state index contributed by atoms with van der Waals surface area (Å²) in [5.74, 6) is 2.18. The third-order valence-electron chi connectivity index (χ3n) is 7.13. The Morgan fingerprint density at radius 1 is 0.850 bits per heavy atom. The van der Waals surface area contributed by atoms with Gasteiger partial charge in [0.1, 0.15) is 19.0 Å².